The molecule has 1 aliphatic rings. The Labute approximate surface area is 150 Å². The van der Waals surface area contributed by atoms with Gasteiger partial charge < -0.3 is 15.8 Å². The first kappa shape index (κ1) is 17.7. The van der Waals surface area contributed by atoms with Gasteiger partial charge in [0.2, 0.25) is 11.0 Å². The van der Waals surface area contributed by atoms with Gasteiger partial charge in [-0.3, -0.25) is 14.7 Å². The van der Waals surface area contributed by atoms with Gasteiger partial charge in [-0.05, 0) is 18.1 Å². The number of carbonyl (C=O) groups is 1. The Morgan fingerprint density at radius 1 is 1.40 bits per heavy atom. The molecule has 25 heavy (non-hydrogen) atoms. The second kappa shape index (κ2) is 8.84. The van der Waals surface area contributed by atoms with Gasteiger partial charge >= 0.3 is 0 Å². The van der Waals surface area contributed by atoms with Crippen molar-refractivity contribution in [3.05, 3.63) is 35.1 Å². The number of ether oxygens (including phenoxy) is 1. The third kappa shape index (κ3) is 4.94. The van der Waals surface area contributed by atoms with Crippen LogP contribution in [-0.2, 0) is 16.0 Å². The van der Waals surface area contributed by atoms with Crippen molar-refractivity contribution in [2.75, 3.05) is 38.6 Å². The molecule has 1 amide bonds. The maximum atomic E-state index is 12.8. The van der Waals surface area contributed by atoms with Crippen LogP contribution in [0.4, 0.5) is 5.13 Å². The Hall–Kier alpha value is -2.10. The van der Waals surface area contributed by atoms with Gasteiger partial charge in [0.1, 0.15) is 11.0 Å². The van der Waals surface area contributed by atoms with Crippen LogP contribution in [0.2, 0.25) is 0 Å². The van der Waals surface area contributed by atoms with Gasteiger partial charge in [-0.1, -0.05) is 17.4 Å². The lowest BCUT2D eigenvalue weighted by molar-refractivity contribution is -0.128. The van der Waals surface area contributed by atoms with Crippen LogP contribution in [0.3, 0.4) is 0 Å². The maximum Gasteiger partial charge on any atom is 0.242 e. The summed E-state index contributed by atoms with van der Waals surface area (Å²) >= 11 is 1.38. The molecular formula is C16H22N6O2S. The number of hydrogen-bond acceptors (Lipinski definition) is 8. The average Bonchev–Trinajstić information content (AvgIpc) is 3.06. The largest absolute Gasteiger partial charge is 0.379 e. The fraction of sp³-hybridized carbons (Fsp3) is 0.500. The summed E-state index contributed by atoms with van der Waals surface area (Å²) in [6.45, 7) is 3.33. The Balaban J connectivity index is 1.57. The van der Waals surface area contributed by atoms with Crippen LogP contribution >= 0.6 is 11.3 Å². The van der Waals surface area contributed by atoms with E-state index in [-0.39, 0.29) is 11.9 Å². The highest BCUT2D eigenvalue weighted by atomic mass is 32.1. The minimum Gasteiger partial charge on any atom is -0.379 e. The van der Waals surface area contributed by atoms with Crippen molar-refractivity contribution in [1.29, 1.82) is 0 Å². The molecule has 3 heterocycles. The minimum absolute atomic E-state index is 0.00771. The van der Waals surface area contributed by atoms with Crippen LogP contribution in [0, 0.1) is 0 Å². The molecule has 3 rings (SSSR count). The number of aryl methyl sites for hydroxylation is 1. The SMILES string of the molecule is Nc1nnc(CCCNC(=O)[C@@H](c2cccnc2)N2CCOCC2)s1. The Morgan fingerprint density at radius 2 is 2.24 bits per heavy atom. The Morgan fingerprint density at radius 3 is 2.92 bits per heavy atom. The molecule has 3 N–H and O–H groups in total. The van der Waals surface area contributed by atoms with Crippen molar-refractivity contribution in [2.24, 2.45) is 0 Å². The van der Waals surface area contributed by atoms with E-state index < -0.39 is 0 Å². The summed E-state index contributed by atoms with van der Waals surface area (Å²) in [4.78, 5) is 19.1. The smallest absolute Gasteiger partial charge is 0.242 e. The summed E-state index contributed by atoms with van der Waals surface area (Å²) in [6.07, 6.45) is 5.02. The van der Waals surface area contributed by atoms with Crippen LogP contribution in [0.1, 0.15) is 23.0 Å². The molecule has 0 radical (unpaired) electrons. The zero-order chi connectivity index (χ0) is 17.5. The molecule has 0 unspecified atom stereocenters. The summed E-state index contributed by atoms with van der Waals surface area (Å²) in [6, 6.07) is 3.46. The molecule has 0 aromatic carbocycles. The lowest BCUT2D eigenvalue weighted by Crippen LogP contribution is -2.46. The van der Waals surface area contributed by atoms with Gasteiger partial charge in [-0.25, -0.2) is 0 Å². The van der Waals surface area contributed by atoms with E-state index in [1.807, 2.05) is 12.1 Å². The number of aromatic nitrogens is 3. The summed E-state index contributed by atoms with van der Waals surface area (Å²) in [7, 11) is 0. The summed E-state index contributed by atoms with van der Waals surface area (Å²) in [5.74, 6) is -0.00771. The van der Waals surface area contributed by atoms with E-state index in [0.717, 1.165) is 36.5 Å². The monoisotopic (exact) mass is 362 g/mol. The number of nitrogen functional groups attached to an aromatic ring is 1. The molecule has 134 valence electrons. The highest BCUT2D eigenvalue weighted by Crippen LogP contribution is 2.21. The number of carbonyl (C=O) groups excluding carboxylic acids is 1. The maximum absolute atomic E-state index is 12.8. The highest BCUT2D eigenvalue weighted by molar-refractivity contribution is 7.15. The van der Waals surface area contributed by atoms with Crippen molar-refractivity contribution in [1.82, 2.24) is 25.4 Å². The molecule has 1 saturated heterocycles. The van der Waals surface area contributed by atoms with Crippen LogP contribution in [0.5, 0.6) is 0 Å². The van der Waals surface area contributed by atoms with Crippen molar-refractivity contribution in [3.8, 4) is 0 Å². The Bertz CT molecular complexity index is 674. The fourth-order valence-electron chi connectivity index (χ4n) is 2.82. The molecule has 0 spiro atoms. The zero-order valence-electron chi connectivity index (χ0n) is 13.9. The van der Waals surface area contributed by atoms with E-state index in [1.54, 1.807) is 12.4 Å². The minimum atomic E-state index is -0.338. The molecule has 0 bridgehead atoms. The predicted molar refractivity (Wildman–Crippen MR) is 95.0 cm³/mol. The standard InChI is InChI=1S/C16H22N6O2S/c17-16-21-20-13(25-16)4-2-6-19-15(23)14(12-3-1-5-18-11-12)22-7-9-24-10-8-22/h1,3,5,11,14H,2,4,6-10H2,(H2,17,21)(H,19,23)/t14-/m1/s1. The van der Waals surface area contributed by atoms with E-state index in [1.165, 1.54) is 11.3 Å². The zero-order valence-corrected chi connectivity index (χ0v) is 14.7. The van der Waals surface area contributed by atoms with Crippen molar-refractivity contribution >= 4 is 22.4 Å². The summed E-state index contributed by atoms with van der Waals surface area (Å²) < 4.78 is 5.40. The number of nitrogens with two attached hydrogens (primary N) is 1. The number of pyridine rings is 1. The van der Waals surface area contributed by atoms with Crippen molar-refractivity contribution < 1.29 is 9.53 Å². The summed E-state index contributed by atoms with van der Waals surface area (Å²) in [5.41, 5.74) is 6.47. The third-order valence-electron chi connectivity index (χ3n) is 4.01. The molecule has 1 fully saturated rings. The first-order chi connectivity index (χ1) is 12.2. The summed E-state index contributed by atoms with van der Waals surface area (Å²) in [5, 5.41) is 12.2. The van der Waals surface area contributed by atoms with E-state index in [0.29, 0.717) is 24.9 Å². The first-order valence-corrected chi connectivity index (χ1v) is 9.13. The van der Waals surface area contributed by atoms with Crippen LogP contribution in [0.25, 0.3) is 0 Å². The van der Waals surface area contributed by atoms with Crippen LogP contribution in [0.15, 0.2) is 24.5 Å². The second-order valence-electron chi connectivity index (χ2n) is 5.77. The number of nitrogens with one attached hydrogen (secondary N) is 1. The second-order valence-corrected chi connectivity index (χ2v) is 6.86. The lowest BCUT2D eigenvalue weighted by atomic mass is 10.1. The van der Waals surface area contributed by atoms with Crippen LogP contribution < -0.4 is 11.1 Å². The number of hydrogen-bond donors (Lipinski definition) is 2. The van der Waals surface area contributed by atoms with Gasteiger partial charge in [0, 0.05) is 38.4 Å². The van der Waals surface area contributed by atoms with E-state index in [2.05, 4.69) is 25.4 Å². The number of rotatable bonds is 7. The number of morpholine rings is 1. The molecule has 0 saturated carbocycles. The van der Waals surface area contributed by atoms with E-state index in [9.17, 15) is 4.79 Å². The number of amides is 1. The van der Waals surface area contributed by atoms with Crippen molar-refractivity contribution in [2.45, 2.75) is 18.9 Å². The molecule has 2 aromatic rings. The lowest BCUT2D eigenvalue weighted by Gasteiger charge is -2.33. The van der Waals surface area contributed by atoms with Gasteiger partial charge in [0.15, 0.2) is 0 Å². The predicted octanol–water partition coefficient (Wildman–Crippen LogP) is 0.638. The van der Waals surface area contributed by atoms with Crippen molar-refractivity contribution in [3.63, 3.8) is 0 Å². The molecule has 8 nitrogen and oxygen atoms in total. The fourth-order valence-corrected chi connectivity index (χ4v) is 3.47. The van der Waals surface area contributed by atoms with E-state index >= 15 is 0 Å². The van der Waals surface area contributed by atoms with Gasteiger partial charge in [0.05, 0.1) is 13.2 Å². The first-order valence-electron chi connectivity index (χ1n) is 8.31. The number of nitrogens with zero attached hydrogens (tertiary/aromatic N) is 4. The van der Waals surface area contributed by atoms with Gasteiger partial charge in [-0.2, -0.15) is 0 Å². The average molecular weight is 362 g/mol. The molecule has 0 aliphatic carbocycles. The number of anilines is 1. The van der Waals surface area contributed by atoms with Gasteiger partial charge in [0.25, 0.3) is 0 Å². The Kier molecular flexibility index (Phi) is 6.26. The quantitative estimate of drug-likeness (QED) is 0.696. The highest BCUT2D eigenvalue weighted by Gasteiger charge is 2.28. The third-order valence-corrected chi connectivity index (χ3v) is 4.82. The molecule has 1 atom stereocenters. The molecular weight excluding hydrogens is 340 g/mol. The topological polar surface area (TPSA) is 106 Å². The van der Waals surface area contributed by atoms with Crippen LogP contribution in [-0.4, -0.2) is 58.8 Å². The molecule has 9 heteroatoms. The molecule has 2 aromatic heterocycles. The molecule has 1 aliphatic heterocycles. The normalized spacial score (nSPS) is 16.5. The van der Waals surface area contributed by atoms with E-state index in [4.69, 9.17) is 10.5 Å². The van der Waals surface area contributed by atoms with Gasteiger partial charge in [-0.15, -0.1) is 10.2 Å².